The largest absolute Gasteiger partial charge is 0.0845 e. The Morgan fingerprint density at radius 2 is 1.68 bits per heavy atom. The molecule has 2 aliphatic carbocycles. The Hall–Kier alpha value is -1.82. The molecule has 2 atom stereocenters. The molecule has 94 valence electrons. The van der Waals surface area contributed by atoms with Crippen molar-refractivity contribution < 1.29 is 0 Å². The molecule has 0 amide bonds. The monoisotopic (exact) mass is 246 g/mol. The minimum atomic E-state index is 0.317. The second kappa shape index (κ2) is 4.09. The summed E-state index contributed by atoms with van der Waals surface area (Å²) in [5, 5.41) is 0. The summed E-state index contributed by atoms with van der Waals surface area (Å²) >= 11 is 0. The maximum absolute atomic E-state index is 2.48. The van der Waals surface area contributed by atoms with E-state index in [1.807, 2.05) is 0 Å². The van der Waals surface area contributed by atoms with E-state index in [0.717, 1.165) is 5.92 Å². The van der Waals surface area contributed by atoms with Crippen LogP contribution in [0.3, 0.4) is 0 Å². The first-order chi connectivity index (χ1) is 9.37. The van der Waals surface area contributed by atoms with Gasteiger partial charge in [0.25, 0.3) is 0 Å². The standard InChI is InChI=1S/C19H18/c1-2-6-16(7-3-1)17-8-4-5-9-18(17)19-12-10-15(14-19)11-13-19/h1-10,12,15H,11,13-14H2. The van der Waals surface area contributed by atoms with Gasteiger partial charge in [0, 0.05) is 5.41 Å². The van der Waals surface area contributed by atoms with Gasteiger partial charge in [-0.25, -0.2) is 0 Å². The number of allylic oxidation sites excluding steroid dienone is 2. The highest BCUT2D eigenvalue weighted by molar-refractivity contribution is 5.70. The number of hydrogen-bond donors (Lipinski definition) is 0. The van der Waals surface area contributed by atoms with Gasteiger partial charge in [0.05, 0.1) is 0 Å². The highest BCUT2D eigenvalue weighted by atomic mass is 14.5. The van der Waals surface area contributed by atoms with E-state index < -0.39 is 0 Å². The molecule has 2 bridgehead atoms. The van der Waals surface area contributed by atoms with Crippen molar-refractivity contribution >= 4 is 0 Å². The van der Waals surface area contributed by atoms with E-state index >= 15 is 0 Å². The van der Waals surface area contributed by atoms with Crippen molar-refractivity contribution in [2.24, 2.45) is 5.92 Å². The molecule has 2 aromatic rings. The topological polar surface area (TPSA) is 0 Å². The van der Waals surface area contributed by atoms with Gasteiger partial charge in [-0.3, -0.25) is 0 Å². The van der Waals surface area contributed by atoms with Gasteiger partial charge in [-0.15, -0.1) is 0 Å². The van der Waals surface area contributed by atoms with E-state index in [2.05, 4.69) is 66.7 Å². The first-order valence-corrected chi connectivity index (χ1v) is 7.22. The fourth-order valence-electron chi connectivity index (χ4n) is 3.87. The van der Waals surface area contributed by atoms with Gasteiger partial charge >= 0.3 is 0 Å². The lowest BCUT2D eigenvalue weighted by Gasteiger charge is -2.27. The molecule has 1 saturated carbocycles. The molecule has 0 aliphatic heterocycles. The van der Waals surface area contributed by atoms with E-state index in [1.165, 1.54) is 36.0 Å². The maximum Gasteiger partial charge on any atom is 0.0144 e. The number of hydrogen-bond acceptors (Lipinski definition) is 0. The third-order valence-electron chi connectivity index (χ3n) is 4.82. The van der Waals surface area contributed by atoms with Gasteiger partial charge in [-0.05, 0) is 41.9 Å². The summed E-state index contributed by atoms with van der Waals surface area (Å²) in [6, 6.07) is 19.8. The Morgan fingerprint density at radius 1 is 0.895 bits per heavy atom. The third-order valence-corrected chi connectivity index (χ3v) is 4.82. The van der Waals surface area contributed by atoms with Crippen molar-refractivity contribution in [3.63, 3.8) is 0 Å². The number of rotatable bonds is 2. The lowest BCUT2D eigenvalue weighted by atomic mass is 9.76. The van der Waals surface area contributed by atoms with Crippen LogP contribution in [0.1, 0.15) is 24.8 Å². The summed E-state index contributed by atoms with van der Waals surface area (Å²) in [5.41, 5.74) is 4.60. The Bertz CT molecular complexity index is 623. The van der Waals surface area contributed by atoms with Crippen LogP contribution in [0, 0.1) is 5.92 Å². The van der Waals surface area contributed by atoms with Crippen LogP contribution in [-0.4, -0.2) is 0 Å². The molecule has 2 aromatic carbocycles. The zero-order valence-electron chi connectivity index (χ0n) is 11.0. The molecule has 2 unspecified atom stereocenters. The molecule has 0 heterocycles. The van der Waals surface area contributed by atoms with E-state index in [-0.39, 0.29) is 0 Å². The van der Waals surface area contributed by atoms with E-state index in [9.17, 15) is 0 Å². The predicted octanol–water partition coefficient (Wildman–Crippen LogP) is 4.96. The first-order valence-electron chi connectivity index (χ1n) is 7.22. The van der Waals surface area contributed by atoms with Crippen LogP contribution in [0.5, 0.6) is 0 Å². The molecule has 19 heavy (non-hydrogen) atoms. The molecule has 0 radical (unpaired) electrons. The van der Waals surface area contributed by atoms with Gasteiger partial charge in [0.1, 0.15) is 0 Å². The van der Waals surface area contributed by atoms with E-state index in [1.54, 1.807) is 0 Å². The SMILES string of the molecule is C1=CC2(c3ccccc3-c3ccccc3)CCC1C2. The summed E-state index contributed by atoms with van der Waals surface area (Å²) in [6.07, 6.45) is 8.91. The highest BCUT2D eigenvalue weighted by Gasteiger charge is 2.42. The van der Waals surface area contributed by atoms with Crippen LogP contribution >= 0.6 is 0 Å². The fourth-order valence-corrected chi connectivity index (χ4v) is 3.87. The van der Waals surface area contributed by atoms with Crippen molar-refractivity contribution in [3.8, 4) is 11.1 Å². The second-order valence-corrected chi connectivity index (χ2v) is 5.93. The summed E-state index contributed by atoms with van der Waals surface area (Å²) < 4.78 is 0. The molecule has 4 rings (SSSR count). The average Bonchev–Trinajstić information content (AvgIpc) is 3.10. The number of fused-ring (bicyclic) bond motifs is 2. The van der Waals surface area contributed by atoms with Crippen LogP contribution in [-0.2, 0) is 5.41 Å². The second-order valence-electron chi connectivity index (χ2n) is 5.93. The van der Waals surface area contributed by atoms with Gasteiger partial charge in [0.2, 0.25) is 0 Å². The Morgan fingerprint density at radius 3 is 2.37 bits per heavy atom. The van der Waals surface area contributed by atoms with E-state index in [4.69, 9.17) is 0 Å². The summed E-state index contributed by atoms with van der Waals surface area (Å²) in [5.74, 6) is 0.823. The molecule has 0 saturated heterocycles. The first kappa shape index (κ1) is 11.0. The molecule has 0 aromatic heterocycles. The quantitative estimate of drug-likeness (QED) is 0.657. The van der Waals surface area contributed by atoms with Crippen molar-refractivity contribution in [3.05, 3.63) is 72.3 Å². The van der Waals surface area contributed by atoms with Crippen molar-refractivity contribution in [2.75, 3.05) is 0 Å². The van der Waals surface area contributed by atoms with Crippen LogP contribution in [0.15, 0.2) is 66.7 Å². The lowest BCUT2D eigenvalue weighted by molar-refractivity contribution is 0.568. The van der Waals surface area contributed by atoms with Gasteiger partial charge in [-0.2, -0.15) is 0 Å². The van der Waals surface area contributed by atoms with Crippen molar-refractivity contribution in [2.45, 2.75) is 24.7 Å². The zero-order valence-corrected chi connectivity index (χ0v) is 11.0. The minimum Gasteiger partial charge on any atom is -0.0845 e. The third kappa shape index (κ3) is 1.67. The molecule has 0 N–H and O–H groups in total. The van der Waals surface area contributed by atoms with Gasteiger partial charge in [-0.1, -0.05) is 66.7 Å². The van der Waals surface area contributed by atoms with Gasteiger partial charge in [0.15, 0.2) is 0 Å². The molecular formula is C19H18. The van der Waals surface area contributed by atoms with Gasteiger partial charge < -0.3 is 0 Å². The molecule has 0 spiro atoms. The Balaban J connectivity index is 1.88. The summed E-state index contributed by atoms with van der Waals surface area (Å²) in [6.45, 7) is 0. The van der Waals surface area contributed by atoms with Crippen LogP contribution in [0.4, 0.5) is 0 Å². The smallest absolute Gasteiger partial charge is 0.0144 e. The molecule has 0 heteroatoms. The molecular weight excluding hydrogens is 228 g/mol. The minimum absolute atomic E-state index is 0.317. The summed E-state index contributed by atoms with van der Waals surface area (Å²) in [7, 11) is 0. The molecule has 0 nitrogen and oxygen atoms in total. The van der Waals surface area contributed by atoms with Crippen LogP contribution in [0.25, 0.3) is 11.1 Å². The average molecular weight is 246 g/mol. The predicted molar refractivity (Wildman–Crippen MR) is 80.0 cm³/mol. The summed E-state index contributed by atoms with van der Waals surface area (Å²) in [4.78, 5) is 0. The van der Waals surface area contributed by atoms with E-state index in [0.29, 0.717) is 5.41 Å². The molecule has 1 fully saturated rings. The Kier molecular flexibility index (Phi) is 2.38. The normalized spacial score (nSPS) is 27.9. The van der Waals surface area contributed by atoms with Crippen LogP contribution < -0.4 is 0 Å². The zero-order chi connectivity index (χ0) is 12.7. The maximum atomic E-state index is 2.48. The molecule has 2 aliphatic rings. The number of benzene rings is 2. The lowest BCUT2D eigenvalue weighted by Crippen LogP contribution is -2.18. The highest BCUT2D eigenvalue weighted by Crippen LogP contribution is 2.52. The van der Waals surface area contributed by atoms with Crippen molar-refractivity contribution in [1.82, 2.24) is 0 Å². The fraction of sp³-hybridized carbons (Fsp3) is 0.263. The van der Waals surface area contributed by atoms with Crippen LogP contribution in [0.2, 0.25) is 0 Å². The van der Waals surface area contributed by atoms with Crippen molar-refractivity contribution in [1.29, 1.82) is 0 Å². The Labute approximate surface area is 114 Å².